The Kier molecular flexibility index (Phi) is 5.13. The summed E-state index contributed by atoms with van der Waals surface area (Å²) in [4.78, 5) is 11.0. The second kappa shape index (κ2) is 4.82. The first-order valence-corrected chi connectivity index (χ1v) is 4.14. The van der Waals surface area contributed by atoms with Crippen LogP contribution >= 0.6 is 0 Å². The number of carbonyl (C=O) groups is 1. The number of hydrogen-bond donors (Lipinski definition) is 0. The normalized spacial score (nSPS) is 21.2. The van der Waals surface area contributed by atoms with Gasteiger partial charge in [-0.2, -0.15) is 0 Å². The van der Waals surface area contributed by atoms with E-state index in [0.29, 0.717) is 0 Å². The minimum atomic E-state index is -4.98. The summed E-state index contributed by atoms with van der Waals surface area (Å²) in [5.41, 5.74) is -1.18. The molecule has 0 unspecified atom stereocenters. The molecule has 0 spiro atoms. The summed E-state index contributed by atoms with van der Waals surface area (Å²) in [5.74, 6) is -0.412. The van der Waals surface area contributed by atoms with E-state index >= 15 is 0 Å². The van der Waals surface area contributed by atoms with Crippen LogP contribution in [0.4, 0.5) is 12.9 Å². The number of carbonyl (C=O) groups excluding carboxylic acids is 1. The van der Waals surface area contributed by atoms with Gasteiger partial charge in [-0.25, -0.2) is 0 Å². The Hall–Kier alpha value is 0.901. The maximum absolute atomic E-state index is 12.3. The predicted octanol–water partition coefficient (Wildman–Crippen LogP) is -0.307. The van der Waals surface area contributed by atoms with Crippen molar-refractivity contribution in [2.24, 2.45) is 5.41 Å². The second-order valence-corrected chi connectivity index (χ2v) is 4.28. The van der Waals surface area contributed by atoms with Crippen LogP contribution in [0.2, 0.25) is 0 Å². The van der Waals surface area contributed by atoms with Crippen molar-refractivity contribution in [3.05, 3.63) is 11.5 Å². The van der Waals surface area contributed by atoms with Gasteiger partial charge in [-0.15, -0.1) is 5.47 Å². The van der Waals surface area contributed by atoms with Crippen molar-refractivity contribution in [3.63, 3.8) is 0 Å². The molecule has 0 amide bonds. The summed E-state index contributed by atoms with van der Waals surface area (Å²) in [6.45, 7) is -1.62. The van der Waals surface area contributed by atoms with Crippen LogP contribution in [0.15, 0.2) is 11.5 Å². The summed E-state index contributed by atoms with van der Waals surface area (Å²) >= 11 is 0. The van der Waals surface area contributed by atoms with Gasteiger partial charge < -0.3 is 12.9 Å². The van der Waals surface area contributed by atoms with Crippen molar-refractivity contribution in [2.45, 2.75) is 26.7 Å². The van der Waals surface area contributed by atoms with E-state index in [1.165, 1.54) is 0 Å². The van der Waals surface area contributed by atoms with Crippen molar-refractivity contribution in [1.82, 2.24) is 0 Å². The third-order valence-electron chi connectivity index (χ3n) is 2.10. The van der Waals surface area contributed by atoms with Crippen LogP contribution in [0.1, 0.15) is 26.7 Å². The molecule has 0 atom stereocenters. The van der Waals surface area contributed by atoms with Crippen LogP contribution in [0.3, 0.4) is 0 Å². The molecule has 0 saturated heterocycles. The van der Waals surface area contributed by atoms with E-state index in [1.54, 1.807) is 13.8 Å². The Morgan fingerprint density at radius 2 is 1.79 bits per heavy atom. The molecule has 1 nitrogen and oxygen atoms in total. The molecule has 0 heterocycles. The second-order valence-electron chi connectivity index (χ2n) is 4.28. The zero-order valence-electron chi connectivity index (χ0n) is 8.61. The van der Waals surface area contributed by atoms with E-state index in [0.717, 1.165) is 6.08 Å². The SMILES string of the molecule is CC1(C)CC(=O)C=C([B-](F)(F)F)C1.[K+]. The topological polar surface area (TPSA) is 17.1 Å². The largest absolute Gasteiger partial charge is 1.00 e. The average molecular weight is 230 g/mol. The van der Waals surface area contributed by atoms with Crippen LogP contribution in [0.5, 0.6) is 0 Å². The van der Waals surface area contributed by atoms with Gasteiger partial charge >= 0.3 is 58.4 Å². The van der Waals surface area contributed by atoms with E-state index in [1.807, 2.05) is 0 Å². The molecular weight excluding hydrogens is 219 g/mol. The molecule has 0 aliphatic heterocycles. The van der Waals surface area contributed by atoms with Crippen molar-refractivity contribution >= 4 is 12.8 Å². The predicted molar refractivity (Wildman–Crippen MR) is 45.2 cm³/mol. The van der Waals surface area contributed by atoms with E-state index in [2.05, 4.69) is 0 Å². The maximum Gasteiger partial charge on any atom is 1.00 e. The van der Waals surface area contributed by atoms with Gasteiger partial charge in [0, 0.05) is 6.42 Å². The van der Waals surface area contributed by atoms with E-state index in [-0.39, 0.29) is 64.2 Å². The molecule has 1 aliphatic rings. The van der Waals surface area contributed by atoms with Gasteiger partial charge in [0.15, 0.2) is 5.78 Å². The quantitative estimate of drug-likeness (QED) is 0.565. The van der Waals surface area contributed by atoms with Gasteiger partial charge in [0.2, 0.25) is 0 Å². The summed E-state index contributed by atoms with van der Waals surface area (Å²) in [7, 11) is 0. The molecule has 0 bridgehead atoms. The van der Waals surface area contributed by atoms with Crippen LogP contribution in [0.25, 0.3) is 0 Å². The molecule has 0 aromatic rings. The minimum absolute atomic E-state index is 0. The van der Waals surface area contributed by atoms with Crippen LogP contribution < -0.4 is 51.4 Å². The standard InChI is InChI=1S/C8H11BF3O.K/c1-8(2)4-6(9(10,11)12)3-7(13)5-8;/h3H,4-5H2,1-2H3;/q-1;+1. The van der Waals surface area contributed by atoms with Crippen molar-refractivity contribution in [1.29, 1.82) is 0 Å². The maximum atomic E-state index is 12.3. The molecule has 1 aliphatic carbocycles. The molecule has 0 N–H and O–H groups in total. The van der Waals surface area contributed by atoms with Crippen molar-refractivity contribution < 1.29 is 69.1 Å². The van der Waals surface area contributed by atoms with Crippen LogP contribution in [0, 0.1) is 5.41 Å². The monoisotopic (exact) mass is 230 g/mol. The van der Waals surface area contributed by atoms with E-state index in [4.69, 9.17) is 0 Å². The fourth-order valence-electron chi connectivity index (χ4n) is 1.61. The fourth-order valence-corrected chi connectivity index (χ4v) is 1.61. The molecule has 0 aromatic carbocycles. The molecule has 1 rings (SSSR count). The Labute approximate surface area is 124 Å². The van der Waals surface area contributed by atoms with Crippen molar-refractivity contribution in [3.8, 4) is 0 Å². The Morgan fingerprint density at radius 3 is 2.14 bits per heavy atom. The van der Waals surface area contributed by atoms with Gasteiger partial charge in [0.1, 0.15) is 0 Å². The fraction of sp³-hybridized carbons (Fsp3) is 0.625. The molecular formula is C8H11BF3KO. The zero-order chi connectivity index (χ0) is 10.3. The number of ketones is 1. The minimum Gasteiger partial charge on any atom is -0.445 e. The van der Waals surface area contributed by atoms with Gasteiger partial charge in [-0.3, -0.25) is 4.79 Å². The number of hydrogen-bond acceptors (Lipinski definition) is 1. The molecule has 74 valence electrons. The first-order chi connectivity index (χ1) is 5.71. The van der Waals surface area contributed by atoms with Gasteiger partial charge in [-0.05, 0) is 11.5 Å². The third-order valence-corrected chi connectivity index (χ3v) is 2.10. The van der Waals surface area contributed by atoms with Gasteiger partial charge in [-0.1, -0.05) is 20.3 Å². The number of halogens is 3. The molecule has 0 fully saturated rings. The van der Waals surface area contributed by atoms with Crippen LogP contribution in [-0.2, 0) is 4.79 Å². The summed E-state index contributed by atoms with van der Waals surface area (Å²) < 4.78 is 36.9. The number of allylic oxidation sites excluding steroid dienone is 2. The van der Waals surface area contributed by atoms with Gasteiger partial charge in [0.05, 0.1) is 0 Å². The summed E-state index contributed by atoms with van der Waals surface area (Å²) in [6, 6.07) is 0. The molecule has 6 heteroatoms. The van der Waals surface area contributed by atoms with Gasteiger partial charge in [0.25, 0.3) is 0 Å². The Bertz CT molecular complexity index is 270. The summed E-state index contributed by atoms with van der Waals surface area (Å²) in [6.07, 6.45) is 0.927. The molecule has 14 heavy (non-hydrogen) atoms. The molecule has 0 aromatic heterocycles. The molecule has 0 saturated carbocycles. The van der Waals surface area contributed by atoms with Crippen molar-refractivity contribution in [2.75, 3.05) is 0 Å². The summed E-state index contributed by atoms with van der Waals surface area (Å²) in [5, 5.41) is 0. The first-order valence-electron chi connectivity index (χ1n) is 4.14. The van der Waals surface area contributed by atoms with Crippen LogP contribution in [-0.4, -0.2) is 12.8 Å². The average Bonchev–Trinajstić information content (AvgIpc) is 1.79. The zero-order valence-corrected chi connectivity index (χ0v) is 11.7. The van der Waals surface area contributed by atoms with E-state index in [9.17, 15) is 17.7 Å². The first kappa shape index (κ1) is 14.9. The Morgan fingerprint density at radius 1 is 1.29 bits per heavy atom. The van der Waals surface area contributed by atoms with E-state index < -0.39 is 23.6 Å². The number of rotatable bonds is 1. The Balaban J connectivity index is 0.00000169. The molecule has 0 radical (unpaired) electrons. The third kappa shape index (κ3) is 4.18. The smallest absolute Gasteiger partial charge is 0.445 e.